The van der Waals surface area contributed by atoms with Crippen molar-refractivity contribution in [2.24, 2.45) is 0 Å². The molecule has 0 bridgehead atoms. The molecule has 1 saturated heterocycles. The van der Waals surface area contributed by atoms with Crippen LogP contribution in [0.5, 0.6) is 0 Å². The Hall–Kier alpha value is -3.16. The van der Waals surface area contributed by atoms with Crippen molar-refractivity contribution in [3.8, 4) is 0 Å². The summed E-state index contributed by atoms with van der Waals surface area (Å²) in [6, 6.07) is -1.03. The van der Waals surface area contributed by atoms with Crippen molar-refractivity contribution in [2.75, 3.05) is 13.2 Å². The van der Waals surface area contributed by atoms with Crippen LogP contribution < -0.4 is 5.32 Å². The highest BCUT2D eigenvalue weighted by Gasteiger charge is 2.47. The molecule has 8 unspecified atom stereocenters. The van der Waals surface area contributed by atoms with Crippen LogP contribution in [0.15, 0.2) is 85.1 Å². The van der Waals surface area contributed by atoms with E-state index in [1.807, 2.05) is 6.08 Å². The summed E-state index contributed by atoms with van der Waals surface area (Å²) in [6.45, 7) is 5.70. The Morgan fingerprint density at radius 1 is 0.471 bits per heavy atom. The second-order valence-corrected chi connectivity index (χ2v) is 24.2. The number of aliphatic hydroxyl groups excluding tert-OH is 5. The molecule has 11 heteroatoms. The third-order valence-corrected chi connectivity index (χ3v) is 16.3. The van der Waals surface area contributed by atoms with Gasteiger partial charge in [0.25, 0.3) is 0 Å². The van der Waals surface area contributed by atoms with E-state index in [2.05, 4.69) is 99.0 Å². The molecule has 1 heterocycles. The predicted molar refractivity (Wildman–Crippen MR) is 356 cm³/mol. The minimum Gasteiger partial charge on any atom is -0.454 e. The van der Waals surface area contributed by atoms with Gasteiger partial charge in [0, 0.05) is 6.42 Å². The van der Waals surface area contributed by atoms with E-state index < -0.39 is 67.4 Å². The topological polar surface area (TPSA) is 175 Å². The Bertz CT molecular complexity index is 1710. The Kier molecular flexibility index (Phi) is 57.4. The first-order valence-corrected chi connectivity index (χ1v) is 35.4. The molecule has 0 aromatic carbocycles. The minimum atomic E-state index is -1.62. The zero-order chi connectivity index (χ0) is 61.7. The molecule has 1 fully saturated rings. The molecule has 8 atom stereocenters. The van der Waals surface area contributed by atoms with E-state index in [-0.39, 0.29) is 13.0 Å². The van der Waals surface area contributed by atoms with Crippen molar-refractivity contribution in [2.45, 2.75) is 359 Å². The normalized spacial score (nSPS) is 18.9. The van der Waals surface area contributed by atoms with Crippen LogP contribution in [0.3, 0.4) is 0 Å². The molecule has 1 amide bonds. The van der Waals surface area contributed by atoms with Crippen molar-refractivity contribution < 1.29 is 49.3 Å². The number of carbonyl (C=O) groups is 2. The number of hydrogen-bond donors (Lipinski definition) is 6. The third kappa shape index (κ3) is 48.4. The highest BCUT2D eigenvalue weighted by Crippen LogP contribution is 2.26. The van der Waals surface area contributed by atoms with Gasteiger partial charge < -0.3 is 45.1 Å². The van der Waals surface area contributed by atoms with Crippen LogP contribution in [0.25, 0.3) is 0 Å². The Morgan fingerprint density at radius 2 is 0.847 bits per heavy atom. The van der Waals surface area contributed by atoms with Gasteiger partial charge in [-0.1, -0.05) is 311 Å². The molecule has 0 aromatic rings. The zero-order valence-electron chi connectivity index (χ0n) is 54.7. The van der Waals surface area contributed by atoms with Gasteiger partial charge in [-0.25, -0.2) is 0 Å². The second-order valence-electron chi connectivity index (χ2n) is 24.2. The van der Waals surface area contributed by atoms with Crippen LogP contribution in [0, 0.1) is 0 Å². The first kappa shape index (κ1) is 79.9. The van der Waals surface area contributed by atoms with Gasteiger partial charge in [0.05, 0.1) is 25.4 Å². The number of allylic oxidation sites excluding steroid dienone is 13. The number of nitrogens with one attached hydrogen (secondary N) is 1. The largest absolute Gasteiger partial charge is 0.454 e. The number of amides is 1. The summed E-state index contributed by atoms with van der Waals surface area (Å²) in [4.78, 5) is 26.7. The average molecular weight is 1190 g/mol. The summed E-state index contributed by atoms with van der Waals surface area (Å²) in [7, 11) is 0. The van der Waals surface area contributed by atoms with Gasteiger partial charge >= 0.3 is 5.97 Å². The van der Waals surface area contributed by atoms with Gasteiger partial charge in [0.1, 0.15) is 24.4 Å². The molecule has 6 N–H and O–H groups in total. The number of aliphatic hydroxyl groups is 5. The van der Waals surface area contributed by atoms with Crippen LogP contribution >= 0.6 is 0 Å². The quantitative estimate of drug-likeness (QED) is 0.0195. The number of hydrogen-bond acceptors (Lipinski definition) is 10. The lowest BCUT2D eigenvalue weighted by Crippen LogP contribution is -2.61. The zero-order valence-corrected chi connectivity index (χ0v) is 54.7. The van der Waals surface area contributed by atoms with Crippen LogP contribution in [0.4, 0.5) is 0 Å². The monoisotopic (exact) mass is 1190 g/mol. The smallest absolute Gasteiger partial charge is 0.306 e. The van der Waals surface area contributed by atoms with E-state index in [1.165, 1.54) is 154 Å². The van der Waals surface area contributed by atoms with E-state index in [4.69, 9.17) is 14.2 Å². The van der Waals surface area contributed by atoms with Gasteiger partial charge in [0.15, 0.2) is 12.4 Å². The van der Waals surface area contributed by atoms with Gasteiger partial charge in [-0.2, -0.15) is 0 Å². The Labute approximate surface area is 521 Å². The summed E-state index contributed by atoms with van der Waals surface area (Å²) in [5.41, 5.74) is 0. The summed E-state index contributed by atoms with van der Waals surface area (Å²) < 4.78 is 17.7. The number of rotatable bonds is 60. The lowest BCUT2D eigenvalue weighted by atomic mass is 9.99. The number of esters is 1. The number of ether oxygens (including phenoxy) is 3. The molecule has 1 aliphatic heterocycles. The van der Waals surface area contributed by atoms with Crippen LogP contribution in [-0.4, -0.2) is 99.6 Å². The van der Waals surface area contributed by atoms with E-state index >= 15 is 0 Å². The van der Waals surface area contributed by atoms with Crippen LogP contribution in [-0.2, 0) is 23.8 Å². The molecule has 1 rings (SSSR count). The summed E-state index contributed by atoms with van der Waals surface area (Å²) >= 11 is 0. The van der Waals surface area contributed by atoms with Crippen molar-refractivity contribution in [1.82, 2.24) is 5.32 Å². The van der Waals surface area contributed by atoms with E-state index in [0.29, 0.717) is 19.3 Å². The fraction of sp³-hybridized carbons (Fsp3) is 0.784. The van der Waals surface area contributed by atoms with Crippen molar-refractivity contribution in [3.63, 3.8) is 0 Å². The van der Waals surface area contributed by atoms with Gasteiger partial charge in [-0.05, 0) is 77.0 Å². The lowest BCUT2D eigenvalue weighted by molar-refractivity contribution is -0.305. The molecule has 0 radical (unpaired) electrons. The SMILES string of the molecule is CC/C=C\C/C=C\C/C=C\C/C=C\C/C=C\C/C=C\CCCCCCCCCCC(=O)OC1C(OCC(NC(=O)C(O)CCCCCCCCCCCCCCCCCCCC)C(O)/C=C/CCCCCCCCCCC)OC(CO)C(O)C1O. The highest BCUT2D eigenvalue weighted by molar-refractivity contribution is 5.80. The minimum absolute atomic E-state index is 0.111. The fourth-order valence-electron chi connectivity index (χ4n) is 10.8. The summed E-state index contributed by atoms with van der Waals surface area (Å²) in [5, 5.41) is 57.2. The maximum absolute atomic E-state index is 13.5. The molecule has 11 nitrogen and oxygen atoms in total. The number of carbonyl (C=O) groups excluding carboxylic acids is 2. The van der Waals surface area contributed by atoms with E-state index in [0.717, 1.165) is 109 Å². The molecule has 0 aliphatic carbocycles. The van der Waals surface area contributed by atoms with Crippen molar-refractivity contribution in [3.05, 3.63) is 85.1 Å². The lowest BCUT2D eigenvalue weighted by Gasteiger charge is -2.41. The van der Waals surface area contributed by atoms with Crippen LogP contribution in [0.2, 0.25) is 0 Å². The molecule has 0 spiro atoms. The third-order valence-electron chi connectivity index (χ3n) is 16.3. The molecular weight excluding hydrogens is 1060 g/mol. The van der Waals surface area contributed by atoms with Gasteiger partial charge in [0.2, 0.25) is 5.91 Å². The maximum atomic E-state index is 13.5. The molecule has 0 saturated carbocycles. The van der Waals surface area contributed by atoms with E-state index in [1.54, 1.807) is 6.08 Å². The summed E-state index contributed by atoms with van der Waals surface area (Å²) in [6.07, 6.45) is 70.5. The molecular formula is C74H131NO10. The van der Waals surface area contributed by atoms with Crippen molar-refractivity contribution in [1.29, 1.82) is 0 Å². The first-order valence-electron chi connectivity index (χ1n) is 35.4. The highest BCUT2D eigenvalue weighted by atomic mass is 16.7. The molecule has 0 aromatic heterocycles. The van der Waals surface area contributed by atoms with E-state index in [9.17, 15) is 35.1 Å². The second kappa shape index (κ2) is 61.1. The Morgan fingerprint density at radius 3 is 1.27 bits per heavy atom. The summed E-state index contributed by atoms with van der Waals surface area (Å²) in [5.74, 6) is -1.20. The fourth-order valence-corrected chi connectivity index (χ4v) is 10.8. The standard InChI is InChI=1S/C74H131NO10/c1-4-7-10-13-16-19-22-24-26-28-30-31-32-33-34-35-36-37-38-40-42-44-47-50-53-56-59-62-69(79)85-72-71(81)70(80)68(63-76)84-74(72)83-64-65(66(77)60-57-54-51-48-45-21-18-15-12-9-6-3)75-73(82)67(78)61-58-55-52-49-46-43-41-39-29-27-25-23-20-17-14-11-8-5-2/h7,10,16,19,24,26,30-31,33-34,36-37,57,60,65-68,70-72,74,76-78,80-81H,4-6,8-9,11-15,17-18,20-23,25,27-29,32,35,38-56,58-59,61-64H2,1-3H3,(H,75,82)/b10-7-,19-16-,26-24-,31-30-,34-33-,37-36-,60-57+. The predicted octanol–water partition coefficient (Wildman–Crippen LogP) is 18.1. The van der Waals surface area contributed by atoms with Crippen LogP contribution in [0.1, 0.15) is 310 Å². The van der Waals surface area contributed by atoms with Gasteiger partial charge in [-0.15, -0.1) is 0 Å². The maximum Gasteiger partial charge on any atom is 0.306 e. The Balaban J connectivity index is 2.55. The number of unbranched alkanes of at least 4 members (excludes halogenated alkanes) is 34. The van der Waals surface area contributed by atoms with Crippen molar-refractivity contribution >= 4 is 11.9 Å². The average Bonchev–Trinajstić information content (AvgIpc) is 2.92. The molecule has 492 valence electrons. The first-order chi connectivity index (χ1) is 41.7. The molecule has 1 aliphatic rings. The van der Waals surface area contributed by atoms with Gasteiger partial charge in [-0.3, -0.25) is 9.59 Å². The molecule has 85 heavy (non-hydrogen) atoms.